The lowest BCUT2D eigenvalue weighted by Gasteiger charge is -2.04. The van der Waals surface area contributed by atoms with Gasteiger partial charge in [-0.2, -0.15) is 0 Å². The molecule has 2 nitrogen and oxygen atoms in total. The van der Waals surface area contributed by atoms with Gasteiger partial charge in [0, 0.05) is 18.3 Å². The maximum atomic E-state index is 13.1. The van der Waals surface area contributed by atoms with E-state index < -0.39 is 0 Å². The van der Waals surface area contributed by atoms with E-state index in [1.807, 2.05) is 0 Å². The van der Waals surface area contributed by atoms with E-state index in [1.165, 1.54) is 13.2 Å². The molecule has 0 atom stereocenters. The van der Waals surface area contributed by atoms with E-state index in [2.05, 4.69) is 5.32 Å². The van der Waals surface area contributed by atoms with E-state index in [9.17, 15) is 4.39 Å². The highest BCUT2D eigenvalue weighted by atomic mass is 19.1. The van der Waals surface area contributed by atoms with Crippen LogP contribution in [0.3, 0.4) is 0 Å². The number of rotatable bonds is 1. The van der Waals surface area contributed by atoms with Crippen molar-refractivity contribution in [3.05, 3.63) is 23.5 Å². The topological polar surface area (TPSA) is 21.3 Å². The highest BCUT2D eigenvalue weighted by molar-refractivity contribution is 5.58. The first-order chi connectivity index (χ1) is 5.81. The fourth-order valence-electron chi connectivity index (χ4n) is 1.46. The van der Waals surface area contributed by atoms with Crippen molar-refractivity contribution in [1.82, 2.24) is 0 Å². The molecule has 2 rings (SSSR count). The van der Waals surface area contributed by atoms with E-state index in [0.717, 1.165) is 24.2 Å². The van der Waals surface area contributed by atoms with Crippen LogP contribution >= 0.6 is 0 Å². The molecular formula is C9H10FNO. The number of ether oxygens (including phenoxy) is 1. The summed E-state index contributed by atoms with van der Waals surface area (Å²) in [6, 6.07) is 3.24. The molecule has 1 aromatic rings. The monoisotopic (exact) mass is 167 g/mol. The summed E-state index contributed by atoms with van der Waals surface area (Å²) in [4.78, 5) is 0. The molecule has 0 saturated heterocycles. The minimum Gasteiger partial charge on any atom is -0.494 e. The van der Waals surface area contributed by atoms with Gasteiger partial charge in [-0.15, -0.1) is 0 Å². The molecular weight excluding hydrogens is 157 g/mol. The first-order valence-electron chi connectivity index (χ1n) is 3.91. The summed E-state index contributed by atoms with van der Waals surface area (Å²) >= 11 is 0. The molecule has 1 aliphatic heterocycles. The van der Waals surface area contributed by atoms with Crippen LogP contribution < -0.4 is 10.1 Å². The van der Waals surface area contributed by atoms with E-state index in [1.54, 1.807) is 6.07 Å². The number of hydrogen-bond donors (Lipinski definition) is 1. The highest BCUT2D eigenvalue weighted by Gasteiger charge is 2.13. The largest absolute Gasteiger partial charge is 0.494 e. The highest BCUT2D eigenvalue weighted by Crippen LogP contribution is 2.29. The number of anilines is 1. The minimum absolute atomic E-state index is 0.300. The third-order valence-corrected chi connectivity index (χ3v) is 2.09. The third-order valence-electron chi connectivity index (χ3n) is 2.09. The van der Waals surface area contributed by atoms with Gasteiger partial charge in [0.2, 0.25) is 0 Å². The summed E-state index contributed by atoms with van der Waals surface area (Å²) in [5, 5.41) is 3.10. The quantitative estimate of drug-likeness (QED) is 0.688. The summed E-state index contributed by atoms with van der Waals surface area (Å²) in [5.41, 5.74) is 2.03. The molecule has 0 amide bonds. The van der Waals surface area contributed by atoms with Crippen LogP contribution in [0.15, 0.2) is 12.1 Å². The van der Waals surface area contributed by atoms with Gasteiger partial charge in [-0.3, -0.25) is 0 Å². The summed E-state index contributed by atoms with van der Waals surface area (Å²) < 4.78 is 17.9. The predicted octanol–water partition coefficient (Wildman–Crippen LogP) is 1.80. The van der Waals surface area contributed by atoms with Crippen LogP contribution in [0.4, 0.5) is 10.1 Å². The maximum absolute atomic E-state index is 13.1. The van der Waals surface area contributed by atoms with Gasteiger partial charge in [0.25, 0.3) is 0 Å². The van der Waals surface area contributed by atoms with E-state index in [0.29, 0.717) is 5.75 Å². The number of methoxy groups -OCH3 is 1. The molecule has 64 valence electrons. The van der Waals surface area contributed by atoms with Crippen LogP contribution in [0, 0.1) is 5.82 Å². The number of nitrogens with one attached hydrogen (secondary N) is 1. The first-order valence-corrected chi connectivity index (χ1v) is 3.91. The Balaban J connectivity index is 2.49. The van der Waals surface area contributed by atoms with Crippen molar-refractivity contribution in [2.75, 3.05) is 19.0 Å². The Kier molecular flexibility index (Phi) is 1.64. The zero-order valence-electron chi connectivity index (χ0n) is 6.86. The normalized spacial score (nSPS) is 13.8. The molecule has 0 spiro atoms. The fourth-order valence-corrected chi connectivity index (χ4v) is 1.46. The molecule has 0 unspecified atom stereocenters. The lowest BCUT2D eigenvalue weighted by Crippen LogP contribution is -1.92. The molecule has 1 aliphatic rings. The van der Waals surface area contributed by atoms with Crippen LogP contribution in [0.1, 0.15) is 5.56 Å². The second-order valence-corrected chi connectivity index (χ2v) is 2.82. The lowest BCUT2D eigenvalue weighted by atomic mass is 10.1. The number of halogens is 1. The Bertz CT molecular complexity index is 311. The van der Waals surface area contributed by atoms with Gasteiger partial charge in [-0.25, -0.2) is 4.39 Å². The zero-order valence-corrected chi connectivity index (χ0v) is 6.86. The number of hydrogen-bond acceptors (Lipinski definition) is 2. The summed E-state index contributed by atoms with van der Waals surface area (Å²) in [6.07, 6.45) is 0.950. The second kappa shape index (κ2) is 2.66. The SMILES string of the molecule is COc1cc2c(cc1F)NCC2. The van der Waals surface area contributed by atoms with Crippen molar-refractivity contribution in [2.45, 2.75) is 6.42 Å². The Morgan fingerprint density at radius 3 is 3.08 bits per heavy atom. The molecule has 0 bridgehead atoms. The van der Waals surface area contributed by atoms with Gasteiger partial charge in [-0.05, 0) is 18.1 Å². The van der Waals surface area contributed by atoms with Crippen molar-refractivity contribution in [2.24, 2.45) is 0 Å². The molecule has 3 heteroatoms. The molecule has 0 saturated carbocycles. The van der Waals surface area contributed by atoms with E-state index in [-0.39, 0.29) is 5.82 Å². The van der Waals surface area contributed by atoms with Crippen molar-refractivity contribution >= 4 is 5.69 Å². The van der Waals surface area contributed by atoms with Gasteiger partial charge < -0.3 is 10.1 Å². The van der Waals surface area contributed by atoms with Gasteiger partial charge in [0.15, 0.2) is 11.6 Å². The van der Waals surface area contributed by atoms with Crippen LogP contribution in [0.5, 0.6) is 5.75 Å². The smallest absolute Gasteiger partial charge is 0.167 e. The van der Waals surface area contributed by atoms with Crippen LogP contribution in [-0.2, 0) is 6.42 Å². The van der Waals surface area contributed by atoms with Gasteiger partial charge in [0.05, 0.1) is 7.11 Å². The van der Waals surface area contributed by atoms with Gasteiger partial charge >= 0.3 is 0 Å². The molecule has 0 aromatic heterocycles. The van der Waals surface area contributed by atoms with Crippen molar-refractivity contribution in [3.8, 4) is 5.75 Å². The predicted molar refractivity (Wildman–Crippen MR) is 45.1 cm³/mol. The average Bonchev–Trinajstić information content (AvgIpc) is 2.49. The molecule has 1 aromatic carbocycles. The maximum Gasteiger partial charge on any atom is 0.167 e. The van der Waals surface area contributed by atoms with Crippen molar-refractivity contribution in [3.63, 3.8) is 0 Å². The molecule has 12 heavy (non-hydrogen) atoms. The van der Waals surface area contributed by atoms with E-state index in [4.69, 9.17) is 4.74 Å². The number of benzene rings is 1. The second-order valence-electron chi connectivity index (χ2n) is 2.82. The minimum atomic E-state index is -0.300. The third kappa shape index (κ3) is 1.02. The average molecular weight is 167 g/mol. The Morgan fingerprint density at radius 2 is 2.33 bits per heavy atom. The van der Waals surface area contributed by atoms with Crippen molar-refractivity contribution < 1.29 is 9.13 Å². The fraction of sp³-hybridized carbons (Fsp3) is 0.333. The lowest BCUT2D eigenvalue weighted by molar-refractivity contribution is 0.386. The van der Waals surface area contributed by atoms with E-state index >= 15 is 0 Å². The Hall–Kier alpha value is -1.25. The molecule has 0 aliphatic carbocycles. The summed E-state index contributed by atoms with van der Waals surface area (Å²) in [7, 11) is 1.48. The van der Waals surface area contributed by atoms with Gasteiger partial charge in [0.1, 0.15) is 0 Å². The standard InChI is InChI=1S/C9H10FNO/c1-12-9-4-6-2-3-11-8(6)5-7(9)10/h4-5,11H,2-3H2,1H3. The molecule has 0 radical (unpaired) electrons. The summed E-state index contributed by atoms with van der Waals surface area (Å²) in [6.45, 7) is 0.891. The van der Waals surface area contributed by atoms with Crippen LogP contribution in [0.25, 0.3) is 0 Å². The molecule has 1 heterocycles. The number of fused-ring (bicyclic) bond motifs is 1. The van der Waals surface area contributed by atoms with Crippen LogP contribution in [0.2, 0.25) is 0 Å². The Morgan fingerprint density at radius 1 is 1.50 bits per heavy atom. The van der Waals surface area contributed by atoms with Crippen molar-refractivity contribution in [1.29, 1.82) is 0 Å². The molecule has 1 N–H and O–H groups in total. The first kappa shape index (κ1) is 7.40. The zero-order chi connectivity index (χ0) is 8.55. The van der Waals surface area contributed by atoms with Crippen LogP contribution in [-0.4, -0.2) is 13.7 Å². The molecule has 0 fully saturated rings. The van der Waals surface area contributed by atoms with Gasteiger partial charge in [-0.1, -0.05) is 0 Å². The Labute approximate surface area is 70.3 Å². The summed E-state index contributed by atoms with van der Waals surface area (Å²) in [5.74, 6) is 0.0306.